The Labute approximate surface area is 141 Å². The Bertz CT molecular complexity index is 924. The molecule has 0 radical (unpaired) electrons. The van der Waals surface area contributed by atoms with Crippen LogP contribution in [-0.2, 0) is 6.42 Å². The van der Waals surface area contributed by atoms with E-state index in [1.165, 1.54) is 0 Å². The van der Waals surface area contributed by atoms with Crippen LogP contribution in [-0.4, -0.2) is 20.8 Å². The van der Waals surface area contributed by atoms with Crippen LogP contribution in [0.1, 0.15) is 21.7 Å². The Morgan fingerprint density at radius 2 is 2.00 bits per heavy atom. The highest BCUT2D eigenvalue weighted by molar-refractivity contribution is 6.30. The fourth-order valence-corrected chi connectivity index (χ4v) is 2.59. The van der Waals surface area contributed by atoms with Crippen molar-refractivity contribution in [2.24, 2.45) is 0 Å². The highest BCUT2D eigenvalue weighted by Gasteiger charge is 2.19. The van der Waals surface area contributed by atoms with E-state index in [0.29, 0.717) is 10.7 Å². The van der Waals surface area contributed by atoms with E-state index in [4.69, 9.17) is 11.6 Å². The topological polar surface area (TPSA) is 47.8 Å². The van der Waals surface area contributed by atoms with Crippen LogP contribution in [0.15, 0.2) is 42.5 Å². The smallest absolute Gasteiger partial charge is 0.189 e. The van der Waals surface area contributed by atoms with Gasteiger partial charge in [0.15, 0.2) is 11.5 Å². The maximum absolute atomic E-state index is 13.9. The number of ketones is 1. The molecule has 0 aliphatic heterocycles. The first-order chi connectivity index (χ1) is 11.5. The molecule has 0 fully saturated rings. The zero-order valence-corrected chi connectivity index (χ0v) is 13.4. The second kappa shape index (κ2) is 6.49. The van der Waals surface area contributed by atoms with Crippen LogP contribution in [0.2, 0.25) is 5.02 Å². The van der Waals surface area contributed by atoms with E-state index >= 15 is 0 Å². The molecule has 0 aliphatic carbocycles. The lowest BCUT2D eigenvalue weighted by Crippen LogP contribution is -2.08. The van der Waals surface area contributed by atoms with E-state index in [1.54, 1.807) is 31.2 Å². The minimum absolute atomic E-state index is 0.0890. The number of aromatic nitrogens is 3. The van der Waals surface area contributed by atoms with Gasteiger partial charge in [-0.25, -0.2) is 13.5 Å². The summed E-state index contributed by atoms with van der Waals surface area (Å²) >= 11 is 5.90. The van der Waals surface area contributed by atoms with Gasteiger partial charge in [-0.15, -0.1) is 5.10 Å². The summed E-state index contributed by atoms with van der Waals surface area (Å²) in [7, 11) is 0. The van der Waals surface area contributed by atoms with Gasteiger partial charge in [0, 0.05) is 17.5 Å². The Balaban J connectivity index is 1.92. The first-order valence-corrected chi connectivity index (χ1v) is 7.49. The van der Waals surface area contributed by atoms with Crippen molar-refractivity contribution >= 4 is 17.4 Å². The summed E-state index contributed by atoms with van der Waals surface area (Å²) in [6.07, 6.45) is 0.0890. The first-order valence-electron chi connectivity index (χ1n) is 7.11. The molecular formula is C17H12ClF2N3O. The third kappa shape index (κ3) is 3.19. The minimum atomic E-state index is -0.654. The largest absolute Gasteiger partial charge is 0.292 e. The van der Waals surface area contributed by atoms with Crippen LogP contribution < -0.4 is 0 Å². The summed E-state index contributed by atoms with van der Waals surface area (Å²) in [6, 6.07) is 9.93. The van der Waals surface area contributed by atoms with E-state index in [-0.39, 0.29) is 23.6 Å². The number of rotatable bonds is 4. The van der Waals surface area contributed by atoms with Gasteiger partial charge in [-0.05, 0) is 36.8 Å². The number of benzene rings is 2. The van der Waals surface area contributed by atoms with E-state index in [2.05, 4.69) is 10.3 Å². The van der Waals surface area contributed by atoms with E-state index in [1.807, 2.05) is 0 Å². The van der Waals surface area contributed by atoms with Crippen LogP contribution in [0, 0.1) is 18.6 Å². The lowest BCUT2D eigenvalue weighted by molar-refractivity contribution is 0.0987. The van der Waals surface area contributed by atoms with Crippen molar-refractivity contribution in [2.75, 3.05) is 0 Å². The van der Waals surface area contributed by atoms with Crippen LogP contribution in [0.3, 0.4) is 0 Å². The molecule has 4 nitrogen and oxygen atoms in total. The van der Waals surface area contributed by atoms with Crippen LogP contribution in [0.4, 0.5) is 8.78 Å². The quantitative estimate of drug-likeness (QED) is 0.672. The molecular weight excluding hydrogens is 336 g/mol. The lowest BCUT2D eigenvalue weighted by Gasteiger charge is -2.05. The molecule has 2 aromatic carbocycles. The monoisotopic (exact) mass is 347 g/mol. The normalized spacial score (nSPS) is 10.8. The number of nitrogens with zero attached hydrogens (tertiary/aromatic N) is 3. The van der Waals surface area contributed by atoms with Gasteiger partial charge in [0.2, 0.25) is 0 Å². The molecule has 0 amide bonds. The lowest BCUT2D eigenvalue weighted by atomic mass is 10.1. The van der Waals surface area contributed by atoms with Crippen LogP contribution in [0.5, 0.6) is 0 Å². The molecule has 1 heterocycles. The fraction of sp³-hybridized carbons (Fsp3) is 0.118. The first kappa shape index (κ1) is 16.3. The average molecular weight is 348 g/mol. The Morgan fingerprint density at radius 1 is 1.21 bits per heavy atom. The van der Waals surface area contributed by atoms with Crippen LogP contribution >= 0.6 is 11.6 Å². The van der Waals surface area contributed by atoms with Crippen molar-refractivity contribution in [3.63, 3.8) is 0 Å². The Hall–Kier alpha value is -2.60. The highest BCUT2D eigenvalue weighted by atomic mass is 35.5. The molecule has 0 saturated carbocycles. The fourth-order valence-electron chi connectivity index (χ4n) is 2.38. The van der Waals surface area contributed by atoms with Crippen molar-refractivity contribution in [3.8, 4) is 5.69 Å². The molecule has 3 rings (SSSR count). The van der Waals surface area contributed by atoms with Crippen molar-refractivity contribution in [1.82, 2.24) is 15.0 Å². The van der Waals surface area contributed by atoms with Gasteiger partial charge >= 0.3 is 0 Å². The number of carbonyl (C=O) groups is 1. The summed E-state index contributed by atoms with van der Waals surface area (Å²) in [6.45, 7) is 1.58. The molecule has 1 aromatic heterocycles. The number of halogens is 3. The molecule has 0 spiro atoms. The molecule has 0 unspecified atom stereocenters. The summed E-state index contributed by atoms with van der Waals surface area (Å²) in [5.74, 6) is -1.54. The molecule has 0 saturated heterocycles. The van der Waals surface area contributed by atoms with Gasteiger partial charge in [-0.3, -0.25) is 4.79 Å². The molecule has 0 N–H and O–H groups in total. The van der Waals surface area contributed by atoms with Crippen LogP contribution in [0.25, 0.3) is 5.69 Å². The number of hydrogen-bond donors (Lipinski definition) is 0. The predicted octanol–water partition coefficient (Wildman–Crippen LogP) is 3.93. The van der Waals surface area contributed by atoms with Crippen molar-refractivity contribution < 1.29 is 13.6 Å². The van der Waals surface area contributed by atoms with Gasteiger partial charge in [-0.2, -0.15) is 0 Å². The van der Waals surface area contributed by atoms with E-state index < -0.39 is 11.6 Å². The predicted molar refractivity (Wildman–Crippen MR) is 85.5 cm³/mol. The van der Waals surface area contributed by atoms with Gasteiger partial charge in [0.25, 0.3) is 0 Å². The maximum atomic E-state index is 13.9. The average Bonchev–Trinajstić information content (AvgIpc) is 2.91. The second-order valence-corrected chi connectivity index (χ2v) is 5.70. The van der Waals surface area contributed by atoms with Crippen molar-refractivity contribution in [2.45, 2.75) is 13.3 Å². The van der Waals surface area contributed by atoms with E-state index in [0.717, 1.165) is 28.4 Å². The van der Waals surface area contributed by atoms with Gasteiger partial charge in [0.1, 0.15) is 17.3 Å². The van der Waals surface area contributed by atoms with Gasteiger partial charge in [0.05, 0.1) is 5.69 Å². The standard InChI is InChI=1S/C17H12ClF2N3O/c1-10-17(16(24)8-11-3-2-4-12(18)7-11)21-22-23(10)15-9-13(19)5-6-14(15)20/h2-7,9H,8H2,1H3. The summed E-state index contributed by atoms with van der Waals surface area (Å²) in [5.41, 5.74) is 1.09. The molecule has 7 heteroatoms. The van der Waals surface area contributed by atoms with Gasteiger partial charge in [-0.1, -0.05) is 28.9 Å². The maximum Gasteiger partial charge on any atom is 0.189 e. The molecule has 24 heavy (non-hydrogen) atoms. The highest BCUT2D eigenvalue weighted by Crippen LogP contribution is 2.19. The number of Topliss-reactive ketones (excluding diaryl/α,β-unsaturated/α-hetero) is 1. The molecule has 0 atom stereocenters. The third-order valence-electron chi connectivity index (χ3n) is 3.55. The zero-order chi connectivity index (χ0) is 17.3. The minimum Gasteiger partial charge on any atom is -0.292 e. The number of carbonyl (C=O) groups excluding carboxylic acids is 1. The molecule has 0 bridgehead atoms. The Morgan fingerprint density at radius 3 is 2.75 bits per heavy atom. The SMILES string of the molecule is Cc1c(C(=O)Cc2cccc(Cl)c2)nnn1-c1cc(F)ccc1F. The van der Waals surface area contributed by atoms with E-state index in [9.17, 15) is 13.6 Å². The molecule has 3 aromatic rings. The van der Waals surface area contributed by atoms with Gasteiger partial charge < -0.3 is 0 Å². The zero-order valence-electron chi connectivity index (χ0n) is 12.6. The molecule has 0 aliphatic rings. The number of hydrogen-bond acceptors (Lipinski definition) is 3. The van der Waals surface area contributed by atoms with Crippen molar-refractivity contribution in [1.29, 1.82) is 0 Å². The second-order valence-electron chi connectivity index (χ2n) is 5.26. The van der Waals surface area contributed by atoms with Crippen molar-refractivity contribution in [3.05, 3.63) is 76.1 Å². The summed E-state index contributed by atoms with van der Waals surface area (Å²) < 4.78 is 28.3. The molecule has 122 valence electrons. The summed E-state index contributed by atoms with van der Waals surface area (Å²) in [5, 5.41) is 8.13. The Kier molecular flexibility index (Phi) is 4.40. The summed E-state index contributed by atoms with van der Waals surface area (Å²) in [4.78, 5) is 12.4. The third-order valence-corrected chi connectivity index (χ3v) is 3.78.